The summed E-state index contributed by atoms with van der Waals surface area (Å²) in [6.45, 7) is 4.09. The summed E-state index contributed by atoms with van der Waals surface area (Å²) in [5.41, 5.74) is 4.78. The molecule has 0 amide bonds. The van der Waals surface area contributed by atoms with Crippen LogP contribution < -0.4 is 10.5 Å². The molecule has 0 heterocycles. The summed E-state index contributed by atoms with van der Waals surface area (Å²) in [4.78, 5) is 0. The van der Waals surface area contributed by atoms with Gasteiger partial charge >= 0.3 is 6.18 Å². The van der Waals surface area contributed by atoms with Crippen LogP contribution in [0.2, 0.25) is 0 Å². The smallest absolute Gasteiger partial charge is 0.416 e. The Labute approximate surface area is 98.6 Å². The topological polar surface area (TPSA) is 35.2 Å². The van der Waals surface area contributed by atoms with E-state index in [4.69, 9.17) is 10.5 Å². The second-order valence-corrected chi connectivity index (χ2v) is 4.16. The van der Waals surface area contributed by atoms with Crippen molar-refractivity contribution in [2.45, 2.75) is 26.1 Å². The van der Waals surface area contributed by atoms with Crippen LogP contribution in [0.5, 0.6) is 5.75 Å². The van der Waals surface area contributed by atoms with Gasteiger partial charge in [0, 0.05) is 6.54 Å². The van der Waals surface area contributed by atoms with Crippen molar-refractivity contribution in [3.8, 4) is 5.75 Å². The van der Waals surface area contributed by atoms with Crippen molar-refractivity contribution in [3.63, 3.8) is 0 Å². The number of alkyl halides is 3. The van der Waals surface area contributed by atoms with Crippen LogP contribution in [0, 0.1) is 5.92 Å². The van der Waals surface area contributed by atoms with E-state index >= 15 is 0 Å². The lowest BCUT2D eigenvalue weighted by Crippen LogP contribution is -2.31. The maximum atomic E-state index is 12.5. The molecule has 96 valence electrons. The summed E-state index contributed by atoms with van der Waals surface area (Å²) in [6.07, 6.45) is -4.63. The van der Waals surface area contributed by atoms with E-state index in [0.29, 0.717) is 0 Å². The van der Waals surface area contributed by atoms with Gasteiger partial charge in [-0.2, -0.15) is 13.2 Å². The number of hydrogen-bond acceptors (Lipinski definition) is 2. The number of rotatable bonds is 4. The highest BCUT2D eigenvalue weighted by molar-refractivity contribution is 5.30. The summed E-state index contributed by atoms with van der Waals surface area (Å²) < 4.78 is 42.8. The largest absolute Gasteiger partial charge is 0.489 e. The summed E-state index contributed by atoms with van der Waals surface area (Å²) >= 11 is 0. The lowest BCUT2D eigenvalue weighted by molar-refractivity contribution is -0.137. The highest BCUT2D eigenvalue weighted by Gasteiger charge is 2.30. The Morgan fingerprint density at radius 3 is 2.41 bits per heavy atom. The van der Waals surface area contributed by atoms with E-state index in [1.54, 1.807) is 0 Å². The van der Waals surface area contributed by atoms with E-state index in [2.05, 4.69) is 0 Å². The van der Waals surface area contributed by atoms with Gasteiger partial charge in [-0.15, -0.1) is 0 Å². The Morgan fingerprint density at radius 1 is 1.29 bits per heavy atom. The van der Waals surface area contributed by atoms with Crippen LogP contribution in [0.4, 0.5) is 13.2 Å². The fraction of sp³-hybridized carbons (Fsp3) is 0.500. The van der Waals surface area contributed by atoms with Crippen LogP contribution in [0.3, 0.4) is 0 Å². The number of nitrogens with two attached hydrogens (primary N) is 1. The third-order valence-electron chi connectivity index (χ3n) is 2.42. The van der Waals surface area contributed by atoms with E-state index in [1.807, 2.05) is 13.8 Å². The highest BCUT2D eigenvalue weighted by atomic mass is 19.4. The van der Waals surface area contributed by atoms with Gasteiger partial charge in [-0.3, -0.25) is 0 Å². The quantitative estimate of drug-likeness (QED) is 0.887. The van der Waals surface area contributed by atoms with Crippen molar-refractivity contribution in [1.82, 2.24) is 0 Å². The Balaban J connectivity index is 2.85. The Bertz CT molecular complexity index is 363. The van der Waals surface area contributed by atoms with Gasteiger partial charge in [0.05, 0.1) is 5.56 Å². The predicted octanol–water partition coefficient (Wildman–Crippen LogP) is 3.07. The van der Waals surface area contributed by atoms with Crippen molar-refractivity contribution in [2.75, 3.05) is 6.54 Å². The monoisotopic (exact) mass is 247 g/mol. The minimum atomic E-state index is -4.35. The average Bonchev–Trinajstić information content (AvgIpc) is 2.24. The van der Waals surface area contributed by atoms with Gasteiger partial charge in [0.1, 0.15) is 11.9 Å². The zero-order chi connectivity index (χ0) is 13.1. The molecule has 17 heavy (non-hydrogen) atoms. The summed E-state index contributed by atoms with van der Waals surface area (Å²) in [7, 11) is 0. The molecule has 0 bridgehead atoms. The zero-order valence-corrected chi connectivity index (χ0v) is 9.79. The van der Waals surface area contributed by atoms with E-state index in [9.17, 15) is 13.2 Å². The van der Waals surface area contributed by atoms with E-state index in [0.717, 1.165) is 12.1 Å². The minimum Gasteiger partial charge on any atom is -0.489 e. The molecule has 0 aliphatic heterocycles. The fourth-order valence-corrected chi connectivity index (χ4v) is 1.38. The number of benzene rings is 1. The van der Waals surface area contributed by atoms with Crippen LogP contribution in [0.15, 0.2) is 24.3 Å². The Kier molecular flexibility index (Phi) is 4.40. The Morgan fingerprint density at radius 2 is 1.94 bits per heavy atom. The van der Waals surface area contributed by atoms with E-state index in [-0.39, 0.29) is 24.3 Å². The molecule has 1 rings (SSSR count). The number of hydrogen-bond donors (Lipinski definition) is 1. The van der Waals surface area contributed by atoms with Crippen LogP contribution in [-0.4, -0.2) is 12.6 Å². The molecule has 1 aromatic carbocycles. The lowest BCUT2D eigenvalue weighted by atomic mass is 10.1. The minimum absolute atomic E-state index is 0.148. The second kappa shape index (κ2) is 5.40. The molecular formula is C12H16F3NO. The van der Waals surface area contributed by atoms with Gasteiger partial charge in [-0.25, -0.2) is 0 Å². The maximum Gasteiger partial charge on any atom is 0.416 e. The van der Waals surface area contributed by atoms with Crippen LogP contribution in [0.25, 0.3) is 0 Å². The normalized spacial score (nSPS) is 13.8. The molecule has 0 saturated heterocycles. The van der Waals surface area contributed by atoms with Gasteiger partial charge in [0.2, 0.25) is 0 Å². The molecule has 1 unspecified atom stereocenters. The van der Waals surface area contributed by atoms with Crippen molar-refractivity contribution in [1.29, 1.82) is 0 Å². The van der Waals surface area contributed by atoms with Gasteiger partial charge < -0.3 is 10.5 Å². The van der Waals surface area contributed by atoms with Gasteiger partial charge in [0.25, 0.3) is 0 Å². The molecule has 2 nitrogen and oxygen atoms in total. The first-order valence-electron chi connectivity index (χ1n) is 5.38. The molecule has 0 aliphatic carbocycles. The molecule has 0 aliphatic rings. The third-order valence-corrected chi connectivity index (χ3v) is 2.42. The van der Waals surface area contributed by atoms with Crippen molar-refractivity contribution in [2.24, 2.45) is 11.7 Å². The highest BCUT2D eigenvalue weighted by Crippen LogP contribution is 2.31. The first kappa shape index (κ1) is 13.8. The Hall–Kier alpha value is -1.23. The SMILES string of the molecule is CC(C)C(CN)Oc1cccc(C(F)(F)F)c1. The molecule has 0 spiro atoms. The molecule has 0 aromatic heterocycles. The molecule has 1 aromatic rings. The maximum absolute atomic E-state index is 12.5. The van der Waals surface area contributed by atoms with Crippen LogP contribution in [-0.2, 0) is 6.18 Å². The number of halogens is 3. The first-order valence-corrected chi connectivity index (χ1v) is 5.38. The third kappa shape index (κ3) is 3.93. The van der Waals surface area contributed by atoms with Crippen LogP contribution >= 0.6 is 0 Å². The molecule has 1 atom stereocenters. The van der Waals surface area contributed by atoms with Crippen molar-refractivity contribution >= 4 is 0 Å². The van der Waals surface area contributed by atoms with Gasteiger partial charge in [-0.1, -0.05) is 19.9 Å². The molecule has 0 radical (unpaired) electrons. The van der Waals surface area contributed by atoms with Gasteiger partial charge in [-0.05, 0) is 24.1 Å². The van der Waals surface area contributed by atoms with E-state index in [1.165, 1.54) is 12.1 Å². The molecular weight excluding hydrogens is 231 g/mol. The zero-order valence-electron chi connectivity index (χ0n) is 9.79. The molecule has 0 fully saturated rings. The standard InChI is InChI=1S/C12H16F3NO/c1-8(2)11(7-16)17-10-5-3-4-9(6-10)12(13,14)15/h3-6,8,11H,7,16H2,1-2H3. The van der Waals surface area contributed by atoms with Crippen LogP contribution in [0.1, 0.15) is 19.4 Å². The average molecular weight is 247 g/mol. The summed E-state index contributed by atoms with van der Waals surface area (Å²) in [5, 5.41) is 0. The summed E-state index contributed by atoms with van der Waals surface area (Å²) in [5.74, 6) is 0.346. The van der Waals surface area contributed by atoms with Crippen molar-refractivity contribution < 1.29 is 17.9 Å². The van der Waals surface area contributed by atoms with Crippen molar-refractivity contribution in [3.05, 3.63) is 29.8 Å². The van der Waals surface area contributed by atoms with E-state index < -0.39 is 11.7 Å². The summed E-state index contributed by atoms with van der Waals surface area (Å²) in [6, 6.07) is 4.83. The molecule has 5 heteroatoms. The predicted molar refractivity (Wildman–Crippen MR) is 59.8 cm³/mol. The second-order valence-electron chi connectivity index (χ2n) is 4.16. The fourth-order valence-electron chi connectivity index (χ4n) is 1.38. The first-order chi connectivity index (χ1) is 7.84. The molecule has 0 saturated carbocycles. The van der Waals surface area contributed by atoms with Gasteiger partial charge in [0.15, 0.2) is 0 Å². The number of ether oxygens (including phenoxy) is 1. The molecule has 2 N–H and O–H groups in total. The lowest BCUT2D eigenvalue weighted by Gasteiger charge is -2.21.